The molecule has 5 heteroatoms. The van der Waals surface area contributed by atoms with Crippen LogP contribution in [-0.4, -0.2) is 17.6 Å². The van der Waals surface area contributed by atoms with Crippen LogP contribution < -0.4 is 0 Å². The standard InChI is InChI=1S/C9H7F3O2/c10-9(11,12)4-6-1-2-8(14)7(3-6)5-13/h1-3,5,14H,4H2. The molecule has 0 saturated carbocycles. The molecular weight excluding hydrogens is 197 g/mol. The fourth-order valence-corrected chi connectivity index (χ4v) is 1.04. The van der Waals surface area contributed by atoms with E-state index in [1.807, 2.05) is 0 Å². The second-order valence-electron chi connectivity index (χ2n) is 2.80. The number of aldehydes is 1. The Morgan fingerprint density at radius 2 is 2.00 bits per heavy atom. The maximum absolute atomic E-state index is 11.9. The fraction of sp³-hybridized carbons (Fsp3) is 0.222. The maximum atomic E-state index is 11.9. The molecule has 0 atom stereocenters. The average Bonchev–Trinajstić information content (AvgIpc) is 2.06. The van der Waals surface area contributed by atoms with Crippen molar-refractivity contribution in [3.8, 4) is 5.75 Å². The van der Waals surface area contributed by atoms with Crippen LogP contribution in [0.3, 0.4) is 0 Å². The van der Waals surface area contributed by atoms with Gasteiger partial charge < -0.3 is 5.11 Å². The summed E-state index contributed by atoms with van der Waals surface area (Å²) in [7, 11) is 0. The van der Waals surface area contributed by atoms with Gasteiger partial charge in [0.05, 0.1) is 12.0 Å². The lowest BCUT2D eigenvalue weighted by Gasteiger charge is -2.06. The van der Waals surface area contributed by atoms with Gasteiger partial charge >= 0.3 is 6.18 Å². The van der Waals surface area contributed by atoms with Crippen molar-refractivity contribution in [2.75, 3.05) is 0 Å². The van der Waals surface area contributed by atoms with Gasteiger partial charge in [0.2, 0.25) is 0 Å². The number of benzene rings is 1. The molecule has 1 N–H and O–H groups in total. The Labute approximate surface area is 78.0 Å². The van der Waals surface area contributed by atoms with E-state index in [2.05, 4.69) is 0 Å². The molecule has 2 nitrogen and oxygen atoms in total. The van der Waals surface area contributed by atoms with Gasteiger partial charge in [0.1, 0.15) is 5.75 Å². The first-order valence-electron chi connectivity index (χ1n) is 3.76. The smallest absolute Gasteiger partial charge is 0.393 e. The number of hydrogen-bond donors (Lipinski definition) is 1. The monoisotopic (exact) mass is 204 g/mol. The predicted molar refractivity (Wildman–Crippen MR) is 43.3 cm³/mol. The second-order valence-corrected chi connectivity index (χ2v) is 2.80. The normalized spacial score (nSPS) is 11.4. The summed E-state index contributed by atoms with van der Waals surface area (Å²) in [5.74, 6) is -0.314. The molecule has 1 rings (SSSR count). The van der Waals surface area contributed by atoms with Gasteiger partial charge in [0, 0.05) is 0 Å². The number of halogens is 3. The van der Waals surface area contributed by atoms with Gasteiger partial charge in [0.15, 0.2) is 6.29 Å². The van der Waals surface area contributed by atoms with E-state index >= 15 is 0 Å². The molecule has 0 aliphatic heterocycles. The van der Waals surface area contributed by atoms with Gasteiger partial charge in [-0.3, -0.25) is 4.79 Å². The van der Waals surface area contributed by atoms with Crippen LogP contribution in [0.25, 0.3) is 0 Å². The molecule has 0 aliphatic carbocycles. The van der Waals surface area contributed by atoms with E-state index in [0.29, 0.717) is 6.29 Å². The summed E-state index contributed by atoms with van der Waals surface area (Å²) in [5, 5.41) is 9.02. The first-order valence-corrected chi connectivity index (χ1v) is 3.76. The minimum absolute atomic E-state index is 0.0441. The number of aromatic hydroxyl groups is 1. The molecule has 0 spiro atoms. The van der Waals surface area contributed by atoms with Crippen molar-refractivity contribution >= 4 is 6.29 Å². The molecule has 0 fully saturated rings. The van der Waals surface area contributed by atoms with E-state index in [9.17, 15) is 18.0 Å². The number of rotatable bonds is 2. The Morgan fingerprint density at radius 3 is 2.50 bits per heavy atom. The molecule has 0 radical (unpaired) electrons. The van der Waals surface area contributed by atoms with Gasteiger partial charge in [0.25, 0.3) is 0 Å². The van der Waals surface area contributed by atoms with Crippen molar-refractivity contribution in [1.82, 2.24) is 0 Å². The predicted octanol–water partition coefficient (Wildman–Crippen LogP) is 2.31. The topological polar surface area (TPSA) is 37.3 Å². The van der Waals surface area contributed by atoms with Gasteiger partial charge in [-0.05, 0) is 17.7 Å². The first-order chi connectivity index (χ1) is 6.42. The molecule has 1 aromatic rings. The first kappa shape index (κ1) is 10.6. The third-order valence-corrected chi connectivity index (χ3v) is 1.62. The molecule has 0 aliphatic rings. The fourth-order valence-electron chi connectivity index (χ4n) is 1.04. The van der Waals surface area contributed by atoms with E-state index in [1.54, 1.807) is 0 Å². The van der Waals surface area contributed by atoms with Crippen LogP contribution >= 0.6 is 0 Å². The number of phenolic OH excluding ortho intramolecular Hbond substituents is 1. The van der Waals surface area contributed by atoms with Gasteiger partial charge in [-0.15, -0.1) is 0 Å². The number of phenols is 1. The van der Waals surface area contributed by atoms with Crippen LogP contribution in [0.5, 0.6) is 5.75 Å². The van der Waals surface area contributed by atoms with Crippen LogP contribution in [0, 0.1) is 0 Å². The van der Waals surface area contributed by atoms with Crippen molar-refractivity contribution < 1.29 is 23.1 Å². The Kier molecular flexibility index (Phi) is 2.78. The summed E-state index contributed by atoms with van der Waals surface area (Å²) in [6, 6.07) is 3.23. The SMILES string of the molecule is O=Cc1cc(CC(F)(F)F)ccc1O. The number of carbonyl (C=O) groups is 1. The Bertz CT molecular complexity index is 344. The lowest BCUT2D eigenvalue weighted by Crippen LogP contribution is -2.11. The third-order valence-electron chi connectivity index (χ3n) is 1.62. The second kappa shape index (κ2) is 3.69. The molecule has 1 aromatic carbocycles. The highest BCUT2D eigenvalue weighted by atomic mass is 19.4. The summed E-state index contributed by atoms with van der Waals surface area (Å²) in [4.78, 5) is 10.3. The molecule has 0 aromatic heterocycles. The van der Waals surface area contributed by atoms with Crippen molar-refractivity contribution in [2.45, 2.75) is 12.6 Å². The Morgan fingerprint density at radius 1 is 1.36 bits per heavy atom. The summed E-state index contributed by atoms with van der Waals surface area (Å²) in [6.45, 7) is 0. The Balaban J connectivity index is 2.95. The molecule has 0 heterocycles. The zero-order valence-corrected chi connectivity index (χ0v) is 7.01. The summed E-state index contributed by atoms with van der Waals surface area (Å²) in [5.41, 5.74) is -0.177. The van der Waals surface area contributed by atoms with Gasteiger partial charge in [-0.1, -0.05) is 6.07 Å². The van der Waals surface area contributed by atoms with E-state index < -0.39 is 12.6 Å². The molecule has 0 amide bonds. The summed E-state index contributed by atoms with van der Waals surface area (Å²) < 4.78 is 35.8. The lowest BCUT2D eigenvalue weighted by atomic mass is 10.1. The Hall–Kier alpha value is -1.52. The maximum Gasteiger partial charge on any atom is 0.393 e. The lowest BCUT2D eigenvalue weighted by molar-refractivity contribution is -0.127. The third kappa shape index (κ3) is 2.76. The zero-order valence-electron chi connectivity index (χ0n) is 7.01. The van der Waals surface area contributed by atoms with Crippen molar-refractivity contribution in [2.24, 2.45) is 0 Å². The van der Waals surface area contributed by atoms with E-state index in [0.717, 1.165) is 18.2 Å². The van der Waals surface area contributed by atoms with Crippen molar-refractivity contribution in [3.63, 3.8) is 0 Å². The largest absolute Gasteiger partial charge is 0.507 e. The quantitative estimate of drug-likeness (QED) is 0.750. The van der Waals surface area contributed by atoms with E-state index in [4.69, 9.17) is 5.11 Å². The summed E-state index contributed by atoms with van der Waals surface area (Å²) >= 11 is 0. The molecule has 14 heavy (non-hydrogen) atoms. The number of alkyl halides is 3. The van der Waals surface area contributed by atoms with Crippen LogP contribution in [0.4, 0.5) is 13.2 Å². The molecule has 0 saturated heterocycles. The van der Waals surface area contributed by atoms with Gasteiger partial charge in [-0.25, -0.2) is 0 Å². The molecular formula is C9H7F3O2. The molecule has 76 valence electrons. The number of hydrogen-bond acceptors (Lipinski definition) is 2. The highest BCUT2D eigenvalue weighted by molar-refractivity contribution is 5.79. The van der Waals surface area contributed by atoms with Crippen molar-refractivity contribution in [1.29, 1.82) is 0 Å². The van der Waals surface area contributed by atoms with Crippen LogP contribution in [0.2, 0.25) is 0 Å². The minimum Gasteiger partial charge on any atom is -0.507 e. The van der Waals surface area contributed by atoms with E-state index in [1.165, 1.54) is 0 Å². The molecule has 0 bridgehead atoms. The van der Waals surface area contributed by atoms with Crippen LogP contribution in [0.1, 0.15) is 15.9 Å². The van der Waals surface area contributed by atoms with Gasteiger partial charge in [-0.2, -0.15) is 13.2 Å². The highest BCUT2D eigenvalue weighted by Gasteiger charge is 2.27. The minimum atomic E-state index is -4.31. The molecule has 0 unspecified atom stereocenters. The van der Waals surface area contributed by atoms with Crippen LogP contribution in [0.15, 0.2) is 18.2 Å². The number of carbonyl (C=O) groups excluding carboxylic acids is 1. The summed E-state index contributed by atoms with van der Waals surface area (Å²) in [6.07, 6.45) is -5.10. The zero-order chi connectivity index (χ0) is 10.8. The average molecular weight is 204 g/mol. The highest BCUT2D eigenvalue weighted by Crippen LogP contribution is 2.24. The van der Waals surface area contributed by atoms with Crippen LogP contribution in [-0.2, 0) is 6.42 Å². The van der Waals surface area contributed by atoms with E-state index in [-0.39, 0.29) is 16.9 Å². The van der Waals surface area contributed by atoms with Crippen molar-refractivity contribution in [3.05, 3.63) is 29.3 Å².